The molecule has 0 aliphatic heterocycles. The van der Waals surface area contributed by atoms with Gasteiger partial charge in [0.2, 0.25) is 0 Å². The maximum Gasteiger partial charge on any atom is 0.296 e. The molecule has 0 saturated carbocycles. The van der Waals surface area contributed by atoms with Crippen LogP contribution in [-0.2, 0) is 7.05 Å². The quantitative estimate of drug-likeness (QED) is 0.774. The molecule has 0 unspecified atom stereocenters. The van der Waals surface area contributed by atoms with Crippen LogP contribution in [-0.4, -0.2) is 9.78 Å². The van der Waals surface area contributed by atoms with Crippen LogP contribution < -0.4 is 11.3 Å². The van der Waals surface area contributed by atoms with E-state index >= 15 is 0 Å². The molecule has 0 fully saturated rings. The standard InChI is InChI=1S/C11H13N5O/c1-7-4-3-5-8(6-7)13-14-9-10(12)15-16(2)11(9)17/h3-6,15H,12H2,1-2H3. The minimum Gasteiger partial charge on any atom is -0.382 e. The van der Waals surface area contributed by atoms with E-state index in [0.717, 1.165) is 5.56 Å². The Morgan fingerprint density at radius 2 is 2.12 bits per heavy atom. The van der Waals surface area contributed by atoms with E-state index < -0.39 is 0 Å². The highest BCUT2D eigenvalue weighted by Crippen LogP contribution is 2.19. The van der Waals surface area contributed by atoms with Crippen molar-refractivity contribution in [2.24, 2.45) is 17.3 Å². The zero-order chi connectivity index (χ0) is 12.4. The van der Waals surface area contributed by atoms with Gasteiger partial charge in [-0.2, -0.15) is 5.11 Å². The van der Waals surface area contributed by atoms with Crippen molar-refractivity contribution in [1.29, 1.82) is 0 Å². The number of hydrogen-bond donors (Lipinski definition) is 2. The monoisotopic (exact) mass is 231 g/mol. The average molecular weight is 231 g/mol. The molecular formula is C11H13N5O. The SMILES string of the molecule is Cc1cccc(N=Nc2c(N)[nH]n(C)c2=O)c1. The van der Waals surface area contributed by atoms with Gasteiger partial charge in [0.15, 0.2) is 5.69 Å². The molecule has 1 aromatic heterocycles. The molecule has 0 atom stereocenters. The molecule has 0 amide bonds. The smallest absolute Gasteiger partial charge is 0.296 e. The van der Waals surface area contributed by atoms with E-state index in [1.54, 1.807) is 7.05 Å². The van der Waals surface area contributed by atoms with E-state index in [4.69, 9.17) is 5.73 Å². The van der Waals surface area contributed by atoms with Crippen LogP contribution in [0.25, 0.3) is 0 Å². The number of anilines is 1. The van der Waals surface area contributed by atoms with Gasteiger partial charge in [-0.1, -0.05) is 12.1 Å². The zero-order valence-electron chi connectivity index (χ0n) is 9.64. The number of nitrogens with zero attached hydrogens (tertiary/aromatic N) is 3. The number of nitrogen functional groups attached to an aromatic ring is 1. The first-order chi connectivity index (χ1) is 8.08. The Kier molecular flexibility index (Phi) is 2.78. The number of nitrogens with one attached hydrogen (secondary N) is 1. The van der Waals surface area contributed by atoms with E-state index in [0.29, 0.717) is 5.69 Å². The summed E-state index contributed by atoms with van der Waals surface area (Å²) in [6, 6.07) is 7.52. The number of rotatable bonds is 2. The lowest BCUT2D eigenvalue weighted by Gasteiger charge is -1.93. The van der Waals surface area contributed by atoms with Crippen molar-refractivity contribution >= 4 is 17.2 Å². The summed E-state index contributed by atoms with van der Waals surface area (Å²) in [4.78, 5) is 11.6. The molecule has 0 spiro atoms. The number of hydrogen-bond acceptors (Lipinski definition) is 4. The van der Waals surface area contributed by atoms with E-state index in [1.807, 2.05) is 31.2 Å². The Hall–Kier alpha value is -2.37. The number of aromatic amines is 1. The van der Waals surface area contributed by atoms with Crippen LogP contribution in [0, 0.1) is 6.92 Å². The summed E-state index contributed by atoms with van der Waals surface area (Å²) in [6.45, 7) is 1.96. The predicted octanol–water partition coefficient (Wildman–Crippen LogP) is 2.02. The van der Waals surface area contributed by atoms with Crippen molar-refractivity contribution in [2.45, 2.75) is 6.92 Å². The van der Waals surface area contributed by atoms with Crippen molar-refractivity contribution in [1.82, 2.24) is 9.78 Å². The second-order valence-corrected chi connectivity index (χ2v) is 3.78. The van der Waals surface area contributed by atoms with Gasteiger partial charge in [-0.25, -0.2) is 0 Å². The fourth-order valence-electron chi connectivity index (χ4n) is 1.45. The molecule has 0 bridgehead atoms. The van der Waals surface area contributed by atoms with Gasteiger partial charge in [0, 0.05) is 7.05 Å². The van der Waals surface area contributed by atoms with Gasteiger partial charge < -0.3 is 5.73 Å². The molecule has 1 aromatic carbocycles. The van der Waals surface area contributed by atoms with Gasteiger partial charge in [-0.3, -0.25) is 14.6 Å². The van der Waals surface area contributed by atoms with Gasteiger partial charge in [0.25, 0.3) is 5.56 Å². The third-order valence-electron chi connectivity index (χ3n) is 2.32. The Morgan fingerprint density at radius 1 is 1.35 bits per heavy atom. The number of aryl methyl sites for hydroxylation is 2. The normalized spacial score (nSPS) is 11.2. The molecule has 6 heteroatoms. The number of nitrogens with two attached hydrogens (primary N) is 1. The number of benzene rings is 1. The maximum absolute atomic E-state index is 11.6. The fraction of sp³-hybridized carbons (Fsp3) is 0.182. The van der Waals surface area contributed by atoms with Gasteiger partial charge in [0.1, 0.15) is 5.82 Å². The highest BCUT2D eigenvalue weighted by atomic mass is 16.1. The lowest BCUT2D eigenvalue weighted by Crippen LogP contribution is -2.10. The van der Waals surface area contributed by atoms with Crippen LogP contribution in [0.5, 0.6) is 0 Å². The molecule has 2 aromatic rings. The second kappa shape index (κ2) is 4.25. The van der Waals surface area contributed by atoms with Gasteiger partial charge >= 0.3 is 0 Å². The van der Waals surface area contributed by atoms with Crippen molar-refractivity contribution in [3.05, 3.63) is 40.2 Å². The van der Waals surface area contributed by atoms with Crippen LogP contribution in [0.4, 0.5) is 17.2 Å². The van der Waals surface area contributed by atoms with Crippen LogP contribution >= 0.6 is 0 Å². The number of azo groups is 1. The van der Waals surface area contributed by atoms with Crippen LogP contribution in [0.1, 0.15) is 5.56 Å². The molecule has 1 heterocycles. The van der Waals surface area contributed by atoms with Crippen molar-refractivity contribution in [3.63, 3.8) is 0 Å². The van der Waals surface area contributed by atoms with E-state index in [-0.39, 0.29) is 17.1 Å². The second-order valence-electron chi connectivity index (χ2n) is 3.78. The Balaban J connectivity index is 2.35. The molecule has 2 rings (SSSR count). The van der Waals surface area contributed by atoms with Crippen LogP contribution in [0.2, 0.25) is 0 Å². The molecule has 0 radical (unpaired) electrons. The van der Waals surface area contributed by atoms with Gasteiger partial charge in [-0.05, 0) is 24.6 Å². The Morgan fingerprint density at radius 3 is 2.71 bits per heavy atom. The van der Waals surface area contributed by atoms with Crippen molar-refractivity contribution in [3.8, 4) is 0 Å². The lowest BCUT2D eigenvalue weighted by atomic mass is 10.2. The average Bonchev–Trinajstić information content (AvgIpc) is 2.51. The molecular weight excluding hydrogens is 218 g/mol. The van der Waals surface area contributed by atoms with Crippen LogP contribution in [0.15, 0.2) is 39.3 Å². The molecule has 88 valence electrons. The van der Waals surface area contributed by atoms with Crippen molar-refractivity contribution in [2.75, 3.05) is 5.73 Å². The van der Waals surface area contributed by atoms with E-state index in [2.05, 4.69) is 15.3 Å². The number of H-pyrrole nitrogens is 1. The molecule has 3 N–H and O–H groups in total. The molecule has 0 aliphatic carbocycles. The number of aromatic nitrogens is 2. The minimum absolute atomic E-state index is 0.133. The highest BCUT2D eigenvalue weighted by Gasteiger charge is 2.08. The van der Waals surface area contributed by atoms with Crippen LogP contribution in [0.3, 0.4) is 0 Å². The fourth-order valence-corrected chi connectivity index (χ4v) is 1.45. The summed E-state index contributed by atoms with van der Waals surface area (Å²) in [6.07, 6.45) is 0. The third kappa shape index (κ3) is 2.25. The first-order valence-electron chi connectivity index (χ1n) is 5.11. The summed E-state index contributed by atoms with van der Waals surface area (Å²) in [7, 11) is 1.57. The molecule has 17 heavy (non-hydrogen) atoms. The van der Waals surface area contributed by atoms with Gasteiger partial charge in [-0.15, -0.1) is 5.11 Å². The minimum atomic E-state index is -0.293. The first kappa shape index (κ1) is 11.1. The zero-order valence-corrected chi connectivity index (χ0v) is 9.64. The topological polar surface area (TPSA) is 88.5 Å². The summed E-state index contributed by atoms with van der Waals surface area (Å²) >= 11 is 0. The Bertz CT molecular complexity index is 623. The van der Waals surface area contributed by atoms with Crippen molar-refractivity contribution < 1.29 is 0 Å². The summed E-state index contributed by atoms with van der Waals surface area (Å²) in [5.74, 6) is 0.217. The first-order valence-corrected chi connectivity index (χ1v) is 5.11. The van der Waals surface area contributed by atoms with E-state index in [1.165, 1.54) is 4.68 Å². The molecule has 0 aliphatic rings. The van der Waals surface area contributed by atoms with E-state index in [9.17, 15) is 4.79 Å². The lowest BCUT2D eigenvalue weighted by molar-refractivity contribution is 0.743. The highest BCUT2D eigenvalue weighted by molar-refractivity contribution is 5.55. The summed E-state index contributed by atoms with van der Waals surface area (Å²) < 4.78 is 1.26. The predicted molar refractivity (Wildman–Crippen MR) is 65.8 cm³/mol. The summed E-state index contributed by atoms with van der Waals surface area (Å²) in [5.41, 5.74) is 7.21. The largest absolute Gasteiger partial charge is 0.382 e. The molecule has 0 saturated heterocycles. The maximum atomic E-state index is 11.6. The van der Waals surface area contributed by atoms with Gasteiger partial charge in [0.05, 0.1) is 5.69 Å². The third-order valence-corrected chi connectivity index (χ3v) is 2.32. The molecule has 6 nitrogen and oxygen atoms in total. The summed E-state index contributed by atoms with van der Waals surface area (Å²) in [5, 5.41) is 10.5. The Labute approximate surface area is 97.8 Å².